The first-order valence-corrected chi connectivity index (χ1v) is 8.54. The summed E-state index contributed by atoms with van der Waals surface area (Å²) in [7, 11) is 0. The molecule has 1 aromatic rings. The summed E-state index contributed by atoms with van der Waals surface area (Å²) in [6.07, 6.45) is -4.84. The molecule has 5 nitrogen and oxygen atoms in total. The summed E-state index contributed by atoms with van der Waals surface area (Å²) in [4.78, 5) is 15.8. The van der Waals surface area contributed by atoms with Crippen molar-refractivity contribution in [3.05, 3.63) is 29.3 Å². The second-order valence-corrected chi connectivity index (χ2v) is 7.67. The largest absolute Gasteiger partial charge is 0.444 e. The topological polar surface area (TPSA) is 58.8 Å². The molecule has 0 saturated carbocycles. The van der Waals surface area contributed by atoms with Crippen molar-refractivity contribution in [3.63, 3.8) is 0 Å². The molecule has 0 spiro atoms. The van der Waals surface area contributed by atoms with Crippen LogP contribution in [-0.2, 0) is 17.5 Å². The van der Waals surface area contributed by atoms with Crippen LogP contribution in [0, 0.1) is 0 Å². The highest BCUT2D eigenvalue weighted by atomic mass is 19.4. The van der Waals surface area contributed by atoms with Crippen LogP contribution in [0.25, 0.3) is 0 Å². The molecule has 0 radical (unpaired) electrons. The zero-order valence-electron chi connectivity index (χ0n) is 15.6. The van der Waals surface area contributed by atoms with Crippen molar-refractivity contribution >= 4 is 11.8 Å². The Kier molecular flexibility index (Phi) is 5.75. The molecule has 146 valence electrons. The van der Waals surface area contributed by atoms with E-state index in [-0.39, 0.29) is 23.8 Å². The first-order chi connectivity index (χ1) is 11.9. The minimum Gasteiger partial charge on any atom is -0.444 e. The third kappa shape index (κ3) is 5.27. The molecule has 8 heteroatoms. The first-order valence-electron chi connectivity index (χ1n) is 8.54. The van der Waals surface area contributed by atoms with Crippen LogP contribution in [0.2, 0.25) is 0 Å². The van der Waals surface area contributed by atoms with E-state index in [4.69, 9.17) is 10.5 Å². The second-order valence-electron chi connectivity index (χ2n) is 7.67. The summed E-state index contributed by atoms with van der Waals surface area (Å²) < 4.78 is 45.1. The minimum atomic E-state index is -4.45. The number of rotatable bonds is 2. The molecule has 0 aliphatic carbocycles. The predicted molar refractivity (Wildman–Crippen MR) is 93.5 cm³/mol. The van der Waals surface area contributed by atoms with E-state index in [2.05, 4.69) is 0 Å². The normalized spacial score (nSPS) is 19.5. The summed E-state index contributed by atoms with van der Waals surface area (Å²) in [5.41, 5.74) is 4.49. The van der Waals surface area contributed by atoms with E-state index in [0.717, 1.165) is 6.07 Å². The SMILES string of the molecule is C[C@H]1CN(Cc2ccc(N)cc2C(F)(F)F)CCN1C(=O)OC(C)(C)C. The summed E-state index contributed by atoms with van der Waals surface area (Å²) in [6.45, 7) is 8.77. The Hall–Kier alpha value is -1.96. The lowest BCUT2D eigenvalue weighted by molar-refractivity contribution is -0.138. The monoisotopic (exact) mass is 373 g/mol. The lowest BCUT2D eigenvalue weighted by Gasteiger charge is -2.40. The molecular weight excluding hydrogens is 347 g/mol. The van der Waals surface area contributed by atoms with Crippen LogP contribution in [-0.4, -0.2) is 47.2 Å². The molecule has 1 fully saturated rings. The van der Waals surface area contributed by atoms with E-state index in [1.54, 1.807) is 25.7 Å². The molecule has 1 aliphatic heterocycles. The number of nitrogens with two attached hydrogens (primary N) is 1. The second kappa shape index (κ2) is 7.34. The van der Waals surface area contributed by atoms with Crippen LogP contribution in [0.15, 0.2) is 18.2 Å². The van der Waals surface area contributed by atoms with E-state index in [1.165, 1.54) is 12.1 Å². The van der Waals surface area contributed by atoms with E-state index >= 15 is 0 Å². The summed E-state index contributed by atoms with van der Waals surface area (Å²) in [6, 6.07) is 3.71. The number of anilines is 1. The average Bonchev–Trinajstić information content (AvgIpc) is 2.46. The summed E-state index contributed by atoms with van der Waals surface area (Å²) >= 11 is 0. The molecule has 1 aliphatic rings. The van der Waals surface area contributed by atoms with Gasteiger partial charge in [-0.25, -0.2) is 4.79 Å². The maximum Gasteiger partial charge on any atom is 0.416 e. The minimum absolute atomic E-state index is 0.0872. The van der Waals surface area contributed by atoms with Gasteiger partial charge in [-0.3, -0.25) is 4.90 Å². The Bertz CT molecular complexity index is 656. The van der Waals surface area contributed by atoms with Gasteiger partial charge in [0.2, 0.25) is 0 Å². The third-order valence-corrected chi connectivity index (χ3v) is 4.17. The maximum absolute atomic E-state index is 13.2. The Morgan fingerprint density at radius 3 is 2.46 bits per heavy atom. The molecule has 0 aromatic heterocycles. The van der Waals surface area contributed by atoms with E-state index in [0.29, 0.717) is 19.6 Å². The van der Waals surface area contributed by atoms with Gasteiger partial charge in [-0.2, -0.15) is 13.2 Å². The molecule has 0 bridgehead atoms. The molecule has 1 heterocycles. The van der Waals surface area contributed by atoms with Crippen LogP contribution < -0.4 is 5.73 Å². The number of amides is 1. The molecular formula is C18H26F3N3O2. The number of halogens is 3. The zero-order chi connectivity index (χ0) is 19.7. The van der Waals surface area contributed by atoms with Crippen LogP contribution in [0.3, 0.4) is 0 Å². The van der Waals surface area contributed by atoms with E-state index in [1.807, 2.05) is 11.8 Å². The molecule has 1 aromatic carbocycles. The maximum atomic E-state index is 13.2. The van der Waals surface area contributed by atoms with Gasteiger partial charge in [0, 0.05) is 37.9 Å². The fourth-order valence-electron chi connectivity index (χ4n) is 3.01. The highest BCUT2D eigenvalue weighted by Crippen LogP contribution is 2.34. The Morgan fingerprint density at radius 1 is 1.27 bits per heavy atom. The Morgan fingerprint density at radius 2 is 1.92 bits per heavy atom. The lowest BCUT2D eigenvalue weighted by Crippen LogP contribution is -2.54. The smallest absolute Gasteiger partial charge is 0.416 e. The Labute approximate surface area is 151 Å². The van der Waals surface area contributed by atoms with Crippen molar-refractivity contribution in [2.45, 2.75) is 52.1 Å². The molecule has 26 heavy (non-hydrogen) atoms. The number of nitrogen functional groups attached to an aromatic ring is 1. The van der Waals surface area contributed by atoms with Crippen molar-refractivity contribution in [2.24, 2.45) is 0 Å². The quantitative estimate of drug-likeness (QED) is 0.803. The predicted octanol–water partition coefficient (Wildman–Crippen LogP) is 3.73. The van der Waals surface area contributed by atoms with Gasteiger partial charge in [-0.05, 0) is 45.4 Å². The zero-order valence-corrected chi connectivity index (χ0v) is 15.6. The van der Waals surface area contributed by atoms with Crippen LogP contribution in [0.1, 0.15) is 38.8 Å². The van der Waals surface area contributed by atoms with Crippen LogP contribution >= 0.6 is 0 Å². The van der Waals surface area contributed by atoms with Gasteiger partial charge in [0.25, 0.3) is 0 Å². The molecule has 1 atom stereocenters. The number of benzene rings is 1. The third-order valence-electron chi connectivity index (χ3n) is 4.17. The van der Waals surface area contributed by atoms with Gasteiger partial charge in [-0.1, -0.05) is 6.07 Å². The molecule has 2 rings (SSSR count). The number of hydrogen-bond donors (Lipinski definition) is 1. The van der Waals surface area contributed by atoms with Gasteiger partial charge < -0.3 is 15.4 Å². The molecule has 1 saturated heterocycles. The highest BCUT2D eigenvalue weighted by Gasteiger charge is 2.35. The number of hydrogen-bond acceptors (Lipinski definition) is 4. The molecule has 1 amide bonds. The summed E-state index contributed by atoms with van der Waals surface area (Å²) in [5, 5.41) is 0. The number of piperazine rings is 1. The van der Waals surface area contributed by atoms with Gasteiger partial charge in [0.1, 0.15) is 5.60 Å². The van der Waals surface area contributed by atoms with E-state index < -0.39 is 23.4 Å². The summed E-state index contributed by atoms with van der Waals surface area (Å²) in [5.74, 6) is 0. The van der Waals surface area contributed by atoms with Gasteiger partial charge in [0.05, 0.1) is 5.56 Å². The lowest BCUT2D eigenvalue weighted by atomic mass is 10.0. The number of carbonyl (C=O) groups excluding carboxylic acids is 1. The number of carbonyl (C=O) groups is 1. The van der Waals surface area contributed by atoms with Crippen molar-refractivity contribution in [3.8, 4) is 0 Å². The van der Waals surface area contributed by atoms with Crippen molar-refractivity contribution in [2.75, 3.05) is 25.4 Å². The molecule has 2 N–H and O–H groups in total. The Balaban J connectivity index is 2.06. The van der Waals surface area contributed by atoms with Crippen LogP contribution in [0.4, 0.5) is 23.7 Å². The van der Waals surface area contributed by atoms with Crippen molar-refractivity contribution < 1.29 is 22.7 Å². The standard InChI is InChI=1S/C18H26F3N3O2/c1-12-10-23(7-8-24(12)16(25)26-17(2,3)4)11-13-5-6-14(22)9-15(13)18(19,20)21/h5-6,9,12H,7-8,10-11,22H2,1-4H3/t12-/m0/s1. The van der Waals surface area contributed by atoms with Crippen molar-refractivity contribution in [1.82, 2.24) is 9.80 Å². The fourth-order valence-corrected chi connectivity index (χ4v) is 3.01. The molecule has 0 unspecified atom stereocenters. The van der Waals surface area contributed by atoms with E-state index in [9.17, 15) is 18.0 Å². The number of ether oxygens (including phenoxy) is 1. The van der Waals surface area contributed by atoms with Gasteiger partial charge in [0.15, 0.2) is 0 Å². The number of nitrogens with zero attached hydrogens (tertiary/aromatic N) is 2. The fraction of sp³-hybridized carbons (Fsp3) is 0.611. The van der Waals surface area contributed by atoms with Crippen LogP contribution in [0.5, 0.6) is 0 Å². The highest BCUT2D eigenvalue weighted by molar-refractivity contribution is 5.68. The average molecular weight is 373 g/mol. The number of alkyl halides is 3. The van der Waals surface area contributed by atoms with Gasteiger partial charge >= 0.3 is 12.3 Å². The van der Waals surface area contributed by atoms with Gasteiger partial charge in [-0.15, -0.1) is 0 Å². The first kappa shape index (κ1) is 20.4. The van der Waals surface area contributed by atoms with Crippen molar-refractivity contribution in [1.29, 1.82) is 0 Å².